The van der Waals surface area contributed by atoms with Crippen molar-refractivity contribution in [2.75, 3.05) is 38.6 Å². The van der Waals surface area contributed by atoms with E-state index in [0.717, 1.165) is 16.9 Å². The summed E-state index contributed by atoms with van der Waals surface area (Å²) in [5.74, 6) is 0.314. The Morgan fingerprint density at radius 3 is 2.57 bits per heavy atom. The fourth-order valence-electron chi connectivity index (χ4n) is 2.53. The number of anilines is 1. The van der Waals surface area contributed by atoms with Gasteiger partial charge in [-0.15, -0.1) is 0 Å². The van der Waals surface area contributed by atoms with Gasteiger partial charge in [-0.3, -0.25) is 14.5 Å². The van der Waals surface area contributed by atoms with Gasteiger partial charge in [-0.1, -0.05) is 35.9 Å². The summed E-state index contributed by atoms with van der Waals surface area (Å²) in [7, 11) is 1.83. The average Bonchev–Trinajstić information content (AvgIpc) is 2.65. The van der Waals surface area contributed by atoms with Crippen LogP contribution in [0.2, 0.25) is 5.02 Å². The predicted octanol–water partition coefficient (Wildman–Crippen LogP) is 3.02. The number of carbonyl (C=O) groups is 2. The molecule has 0 aliphatic carbocycles. The summed E-state index contributed by atoms with van der Waals surface area (Å²) < 4.78 is 5.73. The first-order valence-corrected chi connectivity index (χ1v) is 9.43. The van der Waals surface area contributed by atoms with Gasteiger partial charge in [0, 0.05) is 17.3 Å². The molecule has 2 rings (SSSR count). The maximum Gasteiger partial charge on any atom is 0.243 e. The zero-order valence-corrected chi connectivity index (χ0v) is 17.2. The van der Waals surface area contributed by atoms with E-state index in [0.29, 0.717) is 23.9 Å². The van der Waals surface area contributed by atoms with Gasteiger partial charge in [-0.05, 0) is 50.2 Å². The van der Waals surface area contributed by atoms with Crippen molar-refractivity contribution >= 4 is 29.1 Å². The van der Waals surface area contributed by atoms with Crippen LogP contribution in [0.3, 0.4) is 0 Å². The van der Waals surface area contributed by atoms with E-state index < -0.39 is 0 Å². The van der Waals surface area contributed by atoms with Gasteiger partial charge < -0.3 is 15.4 Å². The molecule has 0 saturated carbocycles. The van der Waals surface area contributed by atoms with Crippen LogP contribution in [-0.2, 0) is 9.59 Å². The van der Waals surface area contributed by atoms with Crippen LogP contribution < -0.4 is 15.4 Å². The lowest BCUT2D eigenvalue weighted by atomic mass is 10.2. The summed E-state index contributed by atoms with van der Waals surface area (Å²) in [6.45, 7) is 4.96. The van der Waals surface area contributed by atoms with Gasteiger partial charge in [-0.25, -0.2) is 0 Å². The maximum atomic E-state index is 12.0. The second-order valence-electron chi connectivity index (χ2n) is 6.59. The molecule has 2 aromatic rings. The average molecular weight is 404 g/mol. The zero-order valence-electron chi connectivity index (χ0n) is 16.4. The summed E-state index contributed by atoms with van der Waals surface area (Å²) in [6.07, 6.45) is 0. The minimum Gasteiger partial charge on any atom is -0.492 e. The number of likely N-dealkylation sites (N-methyl/N-ethyl adjacent to an activating group) is 1. The molecule has 0 fully saturated rings. The Labute approximate surface area is 170 Å². The molecule has 6 nitrogen and oxygen atoms in total. The van der Waals surface area contributed by atoms with Gasteiger partial charge in [0.25, 0.3) is 0 Å². The van der Waals surface area contributed by atoms with Crippen LogP contribution in [0.4, 0.5) is 5.69 Å². The molecule has 28 heavy (non-hydrogen) atoms. The van der Waals surface area contributed by atoms with Gasteiger partial charge in [0.05, 0.1) is 13.1 Å². The predicted molar refractivity (Wildman–Crippen MR) is 112 cm³/mol. The molecule has 0 aliphatic rings. The molecule has 7 heteroatoms. The van der Waals surface area contributed by atoms with Crippen molar-refractivity contribution in [3.8, 4) is 5.75 Å². The van der Waals surface area contributed by atoms with Crippen LogP contribution in [0.5, 0.6) is 5.75 Å². The van der Waals surface area contributed by atoms with Crippen LogP contribution in [0.15, 0.2) is 42.5 Å². The number of nitrogens with zero attached hydrogens (tertiary/aromatic N) is 1. The first kappa shape index (κ1) is 21.7. The third-order valence-corrected chi connectivity index (χ3v) is 4.64. The molecule has 0 heterocycles. The molecular weight excluding hydrogens is 378 g/mol. The molecule has 2 aromatic carbocycles. The van der Waals surface area contributed by atoms with Crippen LogP contribution in [0.25, 0.3) is 0 Å². The van der Waals surface area contributed by atoms with Gasteiger partial charge in [0.1, 0.15) is 12.4 Å². The van der Waals surface area contributed by atoms with Crippen molar-refractivity contribution in [2.24, 2.45) is 0 Å². The summed E-state index contributed by atoms with van der Waals surface area (Å²) in [6, 6.07) is 13.1. The minimum atomic E-state index is -0.302. The number of aryl methyl sites for hydroxylation is 1. The fraction of sp³-hybridized carbons (Fsp3) is 0.333. The second-order valence-corrected chi connectivity index (χ2v) is 7.00. The van der Waals surface area contributed by atoms with E-state index in [1.807, 2.05) is 50.1 Å². The third-order valence-electron chi connectivity index (χ3n) is 4.23. The van der Waals surface area contributed by atoms with Gasteiger partial charge in [0.15, 0.2) is 0 Å². The third kappa shape index (κ3) is 6.87. The number of nitrogens with one attached hydrogen (secondary N) is 2. The zero-order chi connectivity index (χ0) is 20.5. The van der Waals surface area contributed by atoms with Crippen molar-refractivity contribution in [1.82, 2.24) is 10.2 Å². The largest absolute Gasteiger partial charge is 0.492 e. The first-order valence-electron chi connectivity index (χ1n) is 9.05. The molecule has 0 radical (unpaired) electrons. The van der Waals surface area contributed by atoms with Crippen molar-refractivity contribution in [3.63, 3.8) is 0 Å². The Hall–Kier alpha value is -2.57. The number of benzene rings is 2. The molecule has 0 unspecified atom stereocenters. The Balaban J connectivity index is 1.67. The van der Waals surface area contributed by atoms with E-state index in [9.17, 15) is 9.59 Å². The Bertz CT molecular complexity index is 826. The van der Waals surface area contributed by atoms with Gasteiger partial charge in [-0.2, -0.15) is 0 Å². The molecule has 0 saturated heterocycles. The van der Waals surface area contributed by atoms with Crippen LogP contribution >= 0.6 is 11.6 Å². The highest BCUT2D eigenvalue weighted by atomic mass is 35.5. The normalized spacial score (nSPS) is 10.6. The highest BCUT2D eigenvalue weighted by Crippen LogP contribution is 2.22. The highest BCUT2D eigenvalue weighted by molar-refractivity contribution is 6.31. The number of halogens is 1. The van der Waals surface area contributed by atoms with E-state index >= 15 is 0 Å². The number of ether oxygens (including phenoxy) is 1. The highest BCUT2D eigenvalue weighted by Gasteiger charge is 2.10. The number of rotatable bonds is 9. The lowest BCUT2D eigenvalue weighted by Crippen LogP contribution is -2.40. The Morgan fingerprint density at radius 1 is 1.07 bits per heavy atom. The lowest BCUT2D eigenvalue weighted by molar-refractivity contribution is -0.124. The number of para-hydroxylation sites is 1. The molecule has 0 aromatic heterocycles. The van der Waals surface area contributed by atoms with E-state index in [1.54, 1.807) is 18.2 Å². The summed E-state index contributed by atoms with van der Waals surface area (Å²) in [4.78, 5) is 25.9. The molecule has 150 valence electrons. The molecule has 0 atom stereocenters. The Morgan fingerprint density at radius 2 is 1.82 bits per heavy atom. The maximum absolute atomic E-state index is 12.0. The molecule has 0 bridgehead atoms. The van der Waals surface area contributed by atoms with Crippen molar-refractivity contribution in [3.05, 3.63) is 58.6 Å². The van der Waals surface area contributed by atoms with Crippen LogP contribution in [0, 0.1) is 13.8 Å². The summed E-state index contributed by atoms with van der Waals surface area (Å²) in [5, 5.41) is 5.94. The molecule has 0 aliphatic heterocycles. The minimum absolute atomic E-state index is 0.0989. The quantitative estimate of drug-likeness (QED) is 0.675. The first-order chi connectivity index (χ1) is 13.4. The monoisotopic (exact) mass is 403 g/mol. The number of hydrogen-bond acceptors (Lipinski definition) is 4. The van der Waals surface area contributed by atoms with Crippen LogP contribution in [0.1, 0.15) is 11.1 Å². The van der Waals surface area contributed by atoms with E-state index in [1.165, 1.54) is 0 Å². The standard InChI is InChI=1S/C21H26ClN3O3/c1-15-7-4-5-10-19(15)28-12-11-25(3)14-21(27)23-13-20(26)24-18-9-6-8-17(22)16(18)2/h4-10H,11-14H2,1-3H3,(H,23,27)(H,24,26). The number of amides is 2. The Kier molecular flexibility index (Phi) is 8.29. The molecule has 0 spiro atoms. The van der Waals surface area contributed by atoms with E-state index in [4.69, 9.17) is 16.3 Å². The van der Waals surface area contributed by atoms with Crippen molar-refractivity contribution in [2.45, 2.75) is 13.8 Å². The van der Waals surface area contributed by atoms with Gasteiger partial charge in [0.2, 0.25) is 11.8 Å². The SMILES string of the molecule is Cc1ccccc1OCCN(C)CC(=O)NCC(=O)Nc1cccc(Cl)c1C. The number of carbonyl (C=O) groups excluding carboxylic acids is 2. The lowest BCUT2D eigenvalue weighted by Gasteiger charge is -2.17. The topological polar surface area (TPSA) is 70.7 Å². The van der Waals surface area contributed by atoms with Crippen molar-refractivity contribution in [1.29, 1.82) is 0 Å². The smallest absolute Gasteiger partial charge is 0.243 e. The molecular formula is C21H26ClN3O3. The van der Waals surface area contributed by atoms with Gasteiger partial charge >= 0.3 is 0 Å². The molecule has 2 amide bonds. The van der Waals surface area contributed by atoms with E-state index in [-0.39, 0.29) is 24.9 Å². The summed E-state index contributed by atoms with van der Waals surface area (Å²) in [5.41, 5.74) is 2.50. The second kappa shape index (κ2) is 10.7. The summed E-state index contributed by atoms with van der Waals surface area (Å²) >= 11 is 6.03. The number of hydrogen-bond donors (Lipinski definition) is 2. The van der Waals surface area contributed by atoms with Crippen LogP contribution in [-0.4, -0.2) is 50.0 Å². The van der Waals surface area contributed by atoms with E-state index in [2.05, 4.69) is 10.6 Å². The van der Waals surface area contributed by atoms with Crippen molar-refractivity contribution < 1.29 is 14.3 Å². The fourth-order valence-corrected chi connectivity index (χ4v) is 2.70. The molecule has 2 N–H and O–H groups in total.